The largest absolute Gasteiger partial charge is 0.492 e. The van der Waals surface area contributed by atoms with Gasteiger partial charge in [-0.25, -0.2) is 9.07 Å². The summed E-state index contributed by atoms with van der Waals surface area (Å²) >= 11 is 1.33. The topological polar surface area (TPSA) is 90.3 Å². The van der Waals surface area contributed by atoms with E-state index >= 15 is 0 Å². The van der Waals surface area contributed by atoms with Crippen LogP contribution >= 0.6 is 11.8 Å². The highest BCUT2D eigenvalue weighted by molar-refractivity contribution is 7.98. The number of para-hydroxylation sites is 2. The Morgan fingerprint density at radius 2 is 1.65 bits per heavy atom. The lowest BCUT2D eigenvalue weighted by molar-refractivity contribution is -0.113. The van der Waals surface area contributed by atoms with E-state index in [1.54, 1.807) is 22.9 Å². The number of anilines is 2. The molecule has 0 bridgehead atoms. The number of carbonyl (C=O) groups is 1. The number of thioether (sulfide) groups is 1. The Morgan fingerprint density at radius 3 is 2.42 bits per heavy atom. The number of nitrogens with zero attached hydrogens (tertiary/aromatic N) is 3. The Kier molecular flexibility index (Phi) is 9.82. The van der Waals surface area contributed by atoms with Gasteiger partial charge in [0, 0.05) is 11.4 Å². The van der Waals surface area contributed by atoms with Crippen LogP contribution in [0.1, 0.15) is 53.3 Å². The van der Waals surface area contributed by atoms with Gasteiger partial charge in [-0.3, -0.25) is 4.79 Å². The van der Waals surface area contributed by atoms with E-state index in [1.807, 2.05) is 62.4 Å². The summed E-state index contributed by atoms with van der Waals surface area (Å²) in [6.45, 7) is 11.0. The lowest BCUT2D eigenvalue weighted by atomic mass is 9.95. The zero-order chi connectivity index (χ0) is 33.8. The predicted molar refractivity (Wildman–Crippen MR) is 188 cm³/mol. The monoisotopic (exact) mass is 663 g/mol. The highest BCUT2D eigenvalue weighted by Crippen LogP contribution is 2.38. The molecule has 0 fully saturated rings. The van der Waals surface area contributed by atoms with Crippen molar-refractivity contribution < 1.29 is 18.7 Å². The van der Waals surface area contributed by atoms with Gasteiger partial charge < -0.3 is 20.1 Å². The molecule has 1 amide bonds. The van der Waals surface area contributed by atoms with Crippen molar-refractivity contribution in [2.24, 2.45) is 0 Å². The first-order valence-corrected chi connectivity index (χ1v) is 16.8. The maximum atomic E-state index is 14.3. The smallest absolute Gasteiger partial charge is 0.255 e. The first kappa shape index (κ1) is 32.8. The van der Waals surface area contributed by atoms with Gasteiger partial charge >= 0.3 is 0 Å². The van der Waals surface area contributed by atoms with Crippen LogP contribution in [0.25, 0.3) is 0 Å². The van der Waals surface area contributed by atoms with Gasteiger partial charge in [-0.15, -0.1) is 5.10 Å². The highest BCUT2D eigenvalue weighted by atomic mass is 32.2. The maximum absolute atomic E-state index is 14.3. The summed E-state index contributed by atoms with van der Waals surface area (Å²) in [6, 6.07) is 25.5. The summed E-state index contributed by atoms with van der Waals surface area (Å²) < 4.78 is 28.0. The fourth-order valence-corrected chi connectivity index (χ4v) is 6.49. The normalized spacial score (nSPS) is 13.9. The summed E-state index contributed by atoms with van der Waals surface area (Å²) in [4.78, 5) is 18.8. The fraction of sp³-hybridized carbons (Fsp3) is 0.237. The Morgan fingerprint density at radius 1 is 0.917 bits per heavy atom. The number of benzene rings is 4. The molecule has 6 rings (SSSR count). The molecule has 8 nitrogen and oxygen atoms in total. The Labute approximate surface area is 284 Å². The number of halogens is 1. The second kappa shape index (κ2) is 14.4. The maximum Gasteiger partial charge on any atom is 0.255 e. The second-order valence-electron chi connectivity index (χ2n) is 11.7. The van der Waals surface area contributed by atoms with E-state index in [4.69, 9.17) is 19.6 Å². The molecule has 246 valence electrons. The molecular weight excluding hydrogens is 626 g/mol. The molecule has 1 unspecified atom stereocenters. The Balaban J connectivity index is 1.31. The van der Waals surface area contributed by atoms with E-state index < -0.39 is 6.04 Å². The summed E-state index contributed by atoms with van der Waals surface area (Å²) in [7, 11) is 0. The van der Waals surface area contributed by atoms with E-state index in [2.05, 4.69) is 43.5 Å². The molecule has 0 saturated carbocycles. The van der Waals surface area contributed by atoms with Crippen molar-refractivity contribution in [3.8, 4) is 11.5 Å². The van der Waals surface area contributed by atoms with Gasteiger partial charge in [-0.05, 0) is 98.3 Å². The van der Waals surface area contributed by atoms with Crippen LogP contribution in [-0.2, 0) is 17.2 Å². The molecule has 0 aliphatic carbocycles. The van der Waals surface area contributed by atoms with Crippen LogP contribution in [0.15, 0.2) is 101 Å². The minimum atomic E-state index is -0.605. The Hall–Kier alpha value is -5.09. The quantitative estimate of drug-likeness (QED) is 0.137. The molecule has 4 aromatic carbocycles. The number of rotatable bonds is 11. The number of hydrogen-bond acceptors (Lipinski definition) is 7. The zero-order valence-electron chi connectivity index (χ0n) is 27.6. The predicted octanol–water partition coefficient (Wildman–Crippen LogP) is 8.54. The zero-order valence-corrected chi connectivity index (χ0v) is 28.5. The molecule has 1 aliphatic rings. The van der Waals surface area contributed by atoms with E-state index in [-0.39, 0.29) is 11.7 Å². The van der Waals surface area contributed by atoms with Gasteiger partial charge in [0.15, 0.2) is 0 Å². The van der Waals surface area contributed by atoms with Crippen molar-refractivity contribution in [1.29, 1.82) is 0 Å². The summed E-state index contributed by atoms with van der Waals surface area (Å²) in [6.07, 6.45) is 0. The molecule has 2 heterocycles. The molecule has 0 spiro atoms. The third kappa shape index (κ3) is 7.08. The van der Waals surface area contributed by atoms with Crippen LogP contribution in [0.2, 0.25) is 0 Å². The number of allylic oxidation sites excluding steroid dienone is 1. The second-order valence-corrected chi connectivity index (χ2v) is 12.7. The average Bonchev–Trinajstić information content (AvgIpc) is 3.48. The van der Waals surface area contributed by atoms with Gasteiger partial charge in [0.1, 0.15) is 30.0 Å². The number of carbonyl (C=O) groups excluding carboxylic acids is 1. The highest BCUT2D eigenvalue weighted by Gasteiger charge is 2.35. The number of fused-ring (bicyclic) bond motifs is 1. The van der Waals surface area contributed by atoms with E-state index in [0.717, 1.165) is 11.1 Å². The number of aromatic nitrogens is 3. The van der Waals surface area contributed by atoms with Crippen LogP contribution in [0.3, 0.4) is 0 Å². The molecule has 0 radical (unpaired) electrons. The van der Waals surface area contributed by atoms with Gasteiger partial charge in [0.2, 0.25) is 11.1 Å². The number of amides is 1. The SMILES string of the molecule is CCOc1ccccc1NC(=O)C1=C(C)Nc2nc(SCc3ccccc3F)nn2C1c1ccc(OCc2cc(C)c(C)cc2C)cc1. The minimum Gasteiger partial charge on any atom is -0.492 e. The van der Waals surface area contributed by atoms with Crippen molar-refractivity contribution in [3.63, 3.8) is 0 Å². The van der Waals surface area contributed by atoms with Crippen molar-refractivity contribution >= 4 is 29.3 Å². The lowest BCUT2D eigenvalue weighted by Crippen LogP contribution is -2.31. The van der Waals surface area contributed by atoms with Gasteiger partial charge in [0.05, 0.1) is 17.9 Å². The molecule has 2 N–H and O–H groups in total. The van der Waals surface area contributed by atoms with Gasteiger partial charge in [-0.2, -0.15) is 4.98 Å². The number of ether oxygens (including phenoxy) is 2. The first-order chi connectivity index (χ1) is 23.2. The van der Waals surface area contributed by atoms with Crippen LogP contribution in [0.4, 0.5) is 16.0 Å². The number of nitrogens with one attached hydrogen (secondary N) is 2. The summed E-state index contributed by atoms with van der Waals surface area (Å²) in [5.74, 6) is 1.57. The van der Waals surface area contributed by atoms with Gasteiger partial charge in [0.25, 0.3) is 5.91 Å². The minimum absolute atomic E-state index is 0.274. The van der Waals surface area contributed by atoms with Crippen LogP contribution in [0, 0.1) is 26.6 Å². The van der Waals surface area contributed by atoms with Crippen molar-refractivity contribution in [2.75, 3.05) is 17.2 Å². The van der Waals surface area contributed by atoms with Crippen molar-refractivity contribution in [2.45, 2.75) is 58.2 Å². The number of aryl methyl sites for hydroxylation is 3. The molecule has 0 saturated heterocycles. The van der Waals surface area contributed by atoms with E-state index in [1.165, 1.54) is 34.5 Å². The van der Waals surface area contributed by atoms with Crippen LogP contribution < -0.4 is 20.1 Å². The third-order valence-electron chi connectivity index (χ3n) is 8.37. The lowest BCUT2D eigenvalue weighted by Gasteiger charge is -2.29. The van der Waals surface area contributed by atoms with Crippen LogP contribution in [-0.4, -0.2) is 27.3 Å². The summed E-state index contributed by atoms with van der Waals surface area (Å²) in [5.41, 5.74) is 7.89. The van der Waals surface area contributed by atoms with Crippen molar-refractivity contribution in [1.82, 2.24) is 14.8 Å². The Bertz CT molecular complexity index is 1990. The van der Waals surface area contributed by atoms with Crippen molar-refractivity contribution in [3.05, 3.63) is 135 Å². The third-order valence-corrected chi connectivity index (χ3v) is 9.26. The molecule has 10 heteroatoms. The molecule has 1 aromatic heterocycles. The van der Waals surface area contributed by atoms with Gasteiger partial charge in [-0.1, -0.05) is 66.4 Å². The van der Waals surface area contributed by atoms with Crippen LogP contribution in [0.5, 0.6) is 11.5 Å². The van der Waals surface area contributed by atoms with E-state index in [9.17, 15) is 9.18 Å². The molecule has 5 aromatic rings. The average molecular weight is 664 g/mol. The molecule has 1 aliphatic heterocycles. The fourth-order valence-electron chi connectivity index (χ4n) is 5.68. The first-order valence-electron chi connectivity index (χ1n) is 15.8. The summed E-state index contributed by atoms with van der Waals surface area (Å²) in [5, 5.41) is 11.6. The molecule has 1 atom stereocenters. The van der Waals surface area contributed by atoms with E-state index in [0.29, 0.717) is 64.1 Å². The molecular formula is C38H38FN5O3S. The standard InChI is InChI=1S/C38H38FN5O3S/c1-6-46-33-14-10-9-13-32(33)41-36(45)34-26(5)40-37-42-38(48-22-28-11-7-8-12-31(28)39)43-44(37)35(34)27-15-17-30(18-16-27)47-21-29-20-24(3)23(2)19-25(29)4/h7-20,35H,6,21-22H2,1-5H3,(H,41,45)(H,40,42,43). The molecule has 48 heavy (non-hydrogen) atoms. The number of hydrogen-bond donors (Lipinski definition) is 2.